The van der Waals surface area contributed by atoms with Gasteiger partial charge in [0.1, 0.15) is 0 Å². The summed E-state index contributed by atoms with van der Waals surface area (Å²) in [5.41, 5.74) is 4.93. The number of hydrogen-bond donors (Lipinski definition) is 2. The molecule has 1 aromatic heterocycles. The first-order chi connectivity index (χ1) is 14.5. The summed E-state index contributed by atoms with van der Waals surface area (Å²) in [4.78, 5) is 22.9. The largest absolute Gasteiger partial charge is 0.345 e. The summed E-state index contributed by atoms with van der Waals surface area (Å²) in [7, 11) is -3.35. The molecule has 31 heavy (non-hydrogen) atoms. The van der Waals surface area contributed by atoms with Crippen LogP contribution in [-0.2, 0) is 22.9 Å². The molecule has 8 heteroatoms. The number of hydrogen-bond acceptors (Lipinski definition) is 4. The summed E-state index contributed by atoms with van der Waals surface area (Å²) in [5, 5.41) is 0. The van der Waals surface area contributed by atoms with Crippen molar-refractivity contribution < 1.29 is 13.2 Å². The van der Waals surface area contributed by atoms with Crippen molar-refractivity contribution in [2.24, 2.45) is 5.41 Å². The molecule has 2 heterocycles. The van der Waals surface area contributed by atoms with Crippen LogP contribution in [0.4, 0.5) is 5.69 Å². The number of nitrogens with one attached hydrogen (secondary N) is 2. The number of carbonyl (C=O) groups is 1. The van der Waals surface area contributed by atoms with Crippen LogP contribution in [0.2, 0.25) is 0 Å². The number of aromatic nitrogens is 2. The molecule has 2 N–H and O–H groups in total. The molecule has 3 aromatic rings. The molecule has 0 saturated carbocycles. The van der Waals surface area contributed by atoms with Crippen LogP contribution in [0.5, 0.6) is 0 Å². The zero-order chi connectivity index (χ0) is 22.4. The van der Waals surface area contributed by atoms with Crippen molar-refractivity contribution in [3.05, 3.63) is 59.4 Å². The predicted molar refractivity (Wildman–Crippen MR) is 123 cm³/mol. The second kappa shape index (κ2) is 7.67. The average molecular weight is 441 g/mol. The van der Waals surface area contributed by atoms with Crippen molar-refractivity contribution in [2.75, 3.05) is 17.5 Å². The average Bonchev–Trinajstić information content (AvgIpc) is 3.05. The maximum atomic E-state index is 13.6. The Morgan fingerprint density at radius 2 is 1.94 bits per heavy atom. The minimum atomic E-state index is -3.35. The standard InChI is InChI=1S/C23H28N4O3S/c1-23(2,3)21-13-17-11-18(26-31(4,29)30)7-5-15(17)9-10-27(21)22(28)16-6-8-19-20(12-16)25-14-24-19/h5-8,11-12,14,21,26H,9-10,13H2,1-4H3,(H,24,25). The minimum Gasteiger partial charge on any atom is -0.345 e. The van der Waals surface area contributed by atoms with Crippen molar-refractivity contribution in [2.45, 2.75) is 39.7 Å². The van der Waals surface area contributed by atoms with Gasteiger partial charge in [0.15, 0.2) is 0 Å². The van der Waals surface area contributed by atoms with Crippen LogP contribution in [-0.4, -0.2) is 48.0 Å². The molecule has 0 fully saturated rings. The van der Waals surface area contributed by atoms with E-state index in [0.717, 1.165) is 34.8 Å². The number of aromatic amines is 1. The molecule has 1 unspecified atom stereocenters. The lowest BCUT2D eigenvalue weighted by Crippen LogP contribution is -2.48. The van der Waals surface area contributed by atoms with Crippen molar-refractivity contribution in [1.29, 1.82) is 0 Å². The van der Waals surface area contributed by atoms with E-state index in [1.54, 1.807) is 12.4 Å². The van der Waals surface area contributed by atoms with E-state index in [0.29, 0.717) is 24.2 Å². The highest BCUT2D eigenvalue weighted by molar-refractivity contribution is 7.92. The number of fused-ring (bicyclic) bond motifs is 2. The van der Waals surface area contributed by atoms with Crippen molar-refractivity contribution in [1.82, 2.24) is 14.9 Å². The van der Waals surface area contributed by atoms with Crippen LogP contribution in [0, 0.1) is 5.41 Å². The van der Waals surface area contributed by atoms with E-state index in [2.05, 4.69) is 35.5 Å². The Morgan fingerprint density at radius 1 is 1.16 bits per heavy atom. The number of rotatable bonds is 3. The zero-order valence-corrected chi connectivity index (χ0v) is 19.1. The number of nitrogens with zero attached hydrogens (tertiary/aromatic N) is 2. The van der Waals surface area contributed by atoms with Gasteiger partial charge in [0, 0.05) is 23.8 Å². The Kier molecular flexibility index (Phi) is 5.29. The summed E-state index contributed by atoms with van der Waals surface area (Å²) < 4.78 is 25.9. The molecule has 4 rings (SSSR count). The molecule has 2 aromatic carbocycles. The number of carbonyl (C=O) groups excluding carboxylic acids is 1. The normalized spacial score (nSPS) is 17.3. The Balaban J connectivity index is 1.69. The van der Waals surface area contributed by atoms with E-state index in [1.165, 1.54) is 0 Å². The van der Waals surface area contributed by atoms with Crippen LogP contribution >= 0.6 is 0 Å². The van der Waals surface area contributed by atoms with Crippen molar-refractivity contribution in [3.63, 3.8) is 0 Å². The third-order valence-electron chi connectivity index (χ3n) is 5.85. The summed E-state index contributed by atoms with van der Waals surface area (Å²) >= 11 is 0. The van der Waals surface area contributed by atoms with Gasteiger partial charge in [-0.2, -0.15) is 0 Å². The van der Waals surface area contributed by atoms with Gasteiger partial charge in [-0.1, -0.05) is 26.8 Å². The Hall–Kier alpha value is -2.87. The number of amides is 1. The fraction of sp³-hybridized carbons (Fsp3) is 0.391. The predicted octanol–water partition coefficient (Wildman–Crippen LogP) is 3.59. The third-order valence-corrected chi connectivity index (χ3v) is 6.46. The molecule has 1 aliphatic rings. The molecule has 0 spiro atoms. The van der Waals surface area contributed by atoms with E-state index in [1.807, 2.05) is 35.2 Å². The quantitative estimate of drug-likeness (QED) is 0.651. The molecular weight excluding hydrogens is 412 g/mol. The van der Waals surface area contributed by atoms with Crippen LogP contribution < -0.4 is 4.72 Å². The molecular formula is C23H28N4O3S. The lowest BCUT2D eigenvalue weighted by molar-refractivity contribution is 0.0532. The van der Waals surface area contributed by atoms with Crippen LogP contribution in [0.25, 0.3) is 11.0 Å². The van der Waals surface area contributed by atoms with Gasteiger partial charge in [0.05, 0.1) is 23.6 Å². The third kappa shape index (κ3) is 4.58. The number of H-pyrrole nitrogens is 1. The Labute approximate surface area is 182 Å². The van der Waals surface area contributed by atoms with Crippen molar-refractivity contribution >= 4 is 32.7 Å². The first kappa shape index (κ1) is 21.4. The minimum absolute atomic E-state index is 0.00119. The first-order valence-corrected chi connectivity index (χ1v) is 12.2. The molecule has 0 saturated heterocycles. The summed E-state index contributed by atoms with van der Waals surface area (Å²) in [5.74, 6) is -0.00119. The van der Waals surface area contributed by atoms with Crippen LogP contribution in [0.15, 0.2) is 42.7 Å². The number of benzene rings is 2. The fourth-order valence-electron chi connectivity index (χ4n) is 4.30. The van der Waals surface area contributed by atoms with E-state index in [9.17, 15) is 13.2 Å². The summed E-state index contributed by atoms with van der Waals surface area (Å²) in [6.07, 6.45) is 4.16. The molecule has 0 aliphatic carbocycles. The van der Waals surface area contributed by atoms with Gasteiger partial charge < -0.3 is 9.88 Å². The summed E-state index contributed by atoms with van der Waals surface area (Å²) in [6.45, 7) is 7.02. The van der Waals surface area contributed by atoms with Gasteiger partial charge in [-0.3, -0.25) is 9.52 Å². The van der Waals surface area contributed by atoms with Gasteiger partial charge in [0.25, 0.3) is 5.91 Å². The molecule has 1 atom stereocenters. The Bertz CT molecular complexity index is 1240. The number of anilines is 1. The maximum absolute atomic E-state index is 13.6. The van der Waals surface area contributed by atoms with E-state index in [-0.39, 0.29) is 17.4 Å². The number of imidazole rings is 1. The van der Waals surface area contributed by atoms with Crippen LogP contribution in [0.1, 0.15) is 42.3 Å². The highest BCUT2D eigenvalue weighted by Gasteiger charge is 2.36. The smallest absolute Gasteiger partial charge is 0.254 e. The molecule has 0 bridgehead atoms. The molecule has 0 radical (unpaired) electrons. The lowest BCUT2D eigenvalue weighted by atomic mass is 9.81. The van der Waals surface area contributed by atoms with Gasteiger partial charge in [0.2, 0.25) is 10.0 Å². The first-order valence-electron chi connectivity index (χ1n) is 10.3. The van der Waals surface area contributed by atoms with E-state index < -0.39 is 10.0 Å². The second-order valence-corrected chi connectivity index (χ2v) is 11.1. The van der Waals surface area contributed by atoms with E-state index >= 15 is 0 Å². The van der Waals surface area contributed by atoms with Crippen LogP contribution in [0.3, 0.4) is 0 Å². The van der Waals surface area contributed by atoms with Gasteiger partial charge in [-0.25, -0.2) is 13.4 Å². The highest BCUT2D eigenvalue weighted by Crippen LogP contribution is 2.33. The molecule has 1 aliphatic heterocycles. The topological polar surface area (TPSA) is 95.2 Å². The number of sulfonamides is 1. The second-order valence-electron chi connectivity index (χ2n) is 9.33. The van der Waals surface area contributed by atoms with Crippen molar-refractivity contribution in [3.8, 4) is 0 Å². The highest BCUT2D eigenvalue weighted by atomic mass is 32.2. The zero-order valence-electron chi connectivity index (χ0n) is 18.3. The van der Waals surface area contributed by atoms with Gasteiger partial charge in [-0.05, 0) is 59.7 Å². The molecule has 1 amide bonds. The lowest BCUT2D eigenvalue weighted by Gasteiger charge is -2.39. The summed E-state index contributed by atoms with van der Waals surface area (Å²) in [6, 6.07) is 11.2. The fourth-order valence-corrected chi connectivity index (χ4v) is 4.86. The van der Waals surface area contributed by atoms with Gasteiger partial charge >= 0.3 is 0 Å². The molecule has 7 nitrogen and oxygen atoms in total. The molecule has 164 valence electrons. The van der Waals surface area contributed by atoms with Gasteiger partial charge in [-0.15, -0.1) is 0 Å². The monoisotopic (exact) mass is 440 g/mol. The SMILES string of the molecule is CC(C)(C)C1Cc2cc(NS(C)(=O)=O)ccc2CCN1C(=O)c1ccc2nc[nH]c2c1. The van der Waals surface area contributed by atoms with E-state index in [4.69, 9.17) is 0 Å². The Morgan fingerprint density at radius 3 is 2.65 bits per heavy atom. The maximum Gasteiger partial charge on any atom is 0.254 e.